The maximum Gasteiger partial charge on any atom is 0.412 e. The van der Waals surface area contributed by atoms with Crippen molar-refractivity contribution in [2.45, 2.75) is 24.0 Å². The Morgan fingerprint density at radius 2 is 1.83 bits per heavy atom. The Labute approximate surface area is 134 Å². The first-order valence-corrected chi connectivity index (χ1v) is 7.06. The average Bonchev–Trinajstić information content (AvgIpc) is 2.89. The summed E-state index contributed by atoms with van der Waals surface area (Å²) < 4.78 is 90.6. The molecule has 1 aliphatic rings. The number of aliphatic imine (C=N–C) groups is 1. The van der Waals surface area contributed by atoms with E-state index in [4.69, 9.17) is 5.73 Å². The number of nitrogens with zero attached hydrogens (tertiary/aromatic N) is 1. The minimum absolute atomic E-state index is 0.294. The van der Waals surface area contributed by atoms with E-state index in [0.29, 0.717) is 17.8 Å². The van der Waals surface area contributed by atoms with Crippen LogP contribution >= 0.6 is 11.8 Å². The molecule has 0 bridgehead atoms. The van der Waals surface area contributed by atoms with Gasteiger partial charge in [0, 0.05) is 12.1 Å². The van der Waals surface area contributed by atoms with E-state index < -0.39 is 63.9 Å². The van der Waals surface area contributed by atoms with Crippen molar-refractivity contribution in [3.63, 3.8) is 0 Å². The van der Waals surface area contributed by atoms with Crippen LogP contribution in [-0.2, 0) is 11.3 Å². The predicted molar refractivity (Wildman–Crippen MR) is 71.0 cm³/mol. The van der Waals surface area contributed by atoms with Gasteiger partial charge in [-0.2, -0.15) is 13.2 Å². The molecule has 12 heteroatoms. The van der Waals surface area contributed by atoms with Crippen LogP contribution in [0.4, 0.5) is 30.7 Å². The number of thioether (sulfide) groups is 1. The number of carbonyl (C=O) groups is 1. The van der Waals surface area contributed by atoms with Gasteiger partial charge in [0.1, 0.15) is 5.25 Å². The van der Waals surface area contributed by atoms with Crippen LogP contribution in [-0.4, -0.2) is 28.5 Å². The molecule has 3 N–H and O–H groups in total. The number of hydrogen-bond donors (Lipinski definition) is 2. The molecule has 0 radical (unpaired) electrons. The number of carbonyl (C=O) groups excluding carboxylic acids is 1. The van der Waals surface area contributed by atoms with Gasteiger partial charge in [0.2, 0.25) is 5.91 Å². The van der Waals surface area contributed by atoms with E-state index >= 15 is 0 Å². The predicted octanol–water partition coefficient (Wildman–Crippen LogP) is 2.22. The van der Waals surface area contributed by atoms with Gasteiger partial charge >= 0.3 is 6.18 Å². The van der Waals surface area contributed by atoms with Crippen molar-refractivity contribution in [2.75, 3.05) is 0 Å². The molecule has 24 heavy (non-hydrogen) atoms. The molecule has 1 aromatic carbocycles. The molecule has 0 aromatic heterocycles. The van der Waals surface area contributed by atoms with Gasteiger partial charge in [-0.15, -0.1) is 0 Å². The van der Waals surface area contributed by atoms with Crippen molar-refractivity contribution >= 4 is 22.8 Å². The lowest BCUT2D eigenvalue weighted by Crippen LogP contribution is -2.44. The summed E-state index contributed by atoms with van der Waals surface area (Å²) in [5.41, 5.74) is 4.41. The van der Waals surface area contributed by atoms with Crippen LogP contribution in [0.2, 0.25) is 0 Å². The highest BCUT2D eigenvalue weighted by atomic mass is 32.2. The summed E-state index contributed by atoms with van der Waals surface area (Å²) in [5, 5.41) is -0.323. The first kappa shape index (κ1) is 18.4. The fraction of sp³-hybridized carbons (Fsp3) is 0.333. The largest absolute Gasteiger partial charge is 0.412 e. The Morgan fingerprint density at radius 1 is 1.21 bits per heavy atom. The van der Waals surface area contributed by atoms with E-state index in [9.17, 15) is 35.5 Å². The smallest absolute Gasteiger partial charge is 0.379 e. The van der Waals surface area contributed by atoms with Gasteiger partial charge in [0.15, 0.2) is 34.5 Å². The average molecular weight is 375 g/mol. The standard InChI is InChI=1S/C12H8F7N3OS/c13-4-1-3(5(14)7(16)6(4)15)2-21-10(23)8-9(12(17,18)19)22-11(20)24-8/h1,8-9H,2H2,(H2,20,22)(H,21,23). The van der Waals surface area contributed by atoms with Crippen molar-refractivity contribution in [1.82, 2.24) is 5.32 Å². The normalized spacial score (nSPS) is 20.9. The second-order valence-electron chi connectivity index (χ2n) is 4.67. The minimum Gasteiger partial charge on any atom is -0.379 e. The summed E-state index contributed by atoms with van der Waals surface area (Å²) in [6.07, 6.45) is -4.84. The van der Waals surface area contributed by atoms with Crippen LogP contribution in [0.1, 0.15) is 5.56 Å². The molecule has 2 atom stereocenters. The highest BCUT2D eigenvalue weighted by Crippen LogP contribution is 2.36. The molecule has 4 nitrogen and oxygen atoms in total. The van der Waals surface area contributed by atoms with Crippen LogP contribution in [0.3, 0.4) is 0 Å². The van der Waals surface area contributed by atoms with Gasteiger partial charge < -0.3 is 11.1 Å². The number of benzene rings is 1. The van der Waals surface area contributed by atoms with Crippen LogP contribution in [0.15, 0.2) is 11.1 Å². The maximum absolute atomic E-state index is 13.4. The van der Waals surface area contributed by atoms with Crippen LogP contribution in [0.25, 0.3) is 0 Å². The van der Waals surface area contributed by atoms with E-state index in [1.807, 2.05) is 5.32 Å². The van der Waals surface area contributed by atoms with E-state index in [-0.39, 0.29) is 0 Å². The number of rotatable bonds is 3. The summed E-state index contributed by atoms with van der Waals surface area (Å²) in [5.74, 6) is -8.79. The Kier molecular flexibility index (Phi) is 4.97. The van der Waals surface area contributed by atoms with Crippen LogP contribution < -0.4 is 11.1 Å². The zero-order chi connectivity index (χ0) is 18.2. The highest BCUT2D eigenvalue weighted by Gasteiger charge is 2.51. The highest BCUT2D eigenvalue weighted by molar-refractivity contribution is 8.15. The molecule has 0 saturated heterocycles. The zero-order valence-corrected chi connectivity index (χ0v) is 12.2. The lowest BCUT2D eigenvalue weighted by Gasteiger charge is -2.19. The van der Waals surface area contributed by atoms with Crippen LogP contribution in [0, 0.1) is 23.3 Å². The van der Waals surface area contributed by atoms with E-state index in [0.717, 1.165) is 0 Å². The number of nitrogens with one attached hydrogen (secondary N) is 1. The SMILES string of the molecule is NC1=NC(C(F)(F)F)C(C(=O)NCc2cc(F)c(F)c(F)c2F)S1. The fourth-order valence-corrected chi connectivity index (χ4v) is 2.87. The fourth-order valence-electron chi connectivity index (χ4n) is 1.90. The number of amides is 1. The van der Waals surface area contributed by atoms with Crippen molar-refractivity contribution in [3.8, 4) is 0 Å². The molecule has 2 unspecified atom stereocenters. The van der Waals surface area contributed by atoms with E-state index in [2.05, 4.69) is 4.99 Å². The monoisotopic (exact) mass is 375 g/mol. The van der Waals surface area contributed by atoms with E-state index in [1.165, 1.54) is 0 Å². The van der Waals surface area contributed by atoms with Crippen LogP contribution in [0.5, 0.6) is 0 Å². The minimum atomic E-state index is -4.84. The van der Waals surface area contributed by atoms with E-state index in [1.54, 1.807) is 0 Å². The van der Waals surface area contributed by atoms with Gasteiger partial charge in [0.05, 0.1) is 0 Å². The van der Waals surface area contributed by atoms with Crippen molar-refractivity contribution < 1.29 is 35.5 Å². The first-order valence-electron chi connectivity index (χ1n) is 6.18. The number of hydrogen-bond acceptors (Lipinski definition) is 4. The number of alkyl halides is 3. The second kappa shape index (κ2) is 6.49. The van der Waals surface area contributed by atoms with Gasteiger partial charge in [-0.3, -0.25) is 4.79 Å². The summed E-state index contributed by atoms with van der Waals surface area (Å²) in [7, 11) is 0. The molecule has 1 amide bonds. The second-order valence-corrected chi connectivity index (χ2v) is 5.83. The summed E-state index contributed by atoms with van der Waals surface area (Å²) in [6, 6.07) is -2.10. The molecule has 0 spiro atoms. The molecular formula is C12H8F7N3OS. The molecule has 132 valence electrons. The number of amidine groups is 1. The molecule has 0 fully saturated rings. The summed E-state index contributed by atoms with van der Waals surface area (Å²) in [4.78, 5) is 14.9. The van der Waals surface area contributed by atoms with Crippen molar-refractivity contribution in [2.24, 2.45) is 10.7 Å². The first-order chi connectivity index (χ1) is 11.0. The molecule has 1 aromatic rings. The lowest BCUT2D eigenvalue weighted by atomic mass is 10.1. The molecule has 0 aliphatic carbocycles. The summed E-state index contributed by atoms with van der Waals surface area (Å²) in [6.45, 7) is -0.847. The van der Waals surface area contributed by atoms with Gasteiger partial charge in [0.25, 0.3) is 0 Å². The third kappa shape index (κ3) is 3.57. The third-order valence-electron chi connectivity index (χ3n) is 3.03. The van der Waals surface area contributed by atoms with Crippen molar-refractivity contribution in [3.05, 3.63) is 34.9 Å². The maximum atomic E-state index is 13.4. The lowest BCUT2D eigenvalue weighted by molar-refractivity contribution is -0.151. The Balaban J connectivity index is 2.12. The van der Waals surface area contributed by atoms with Gasteiger partial charge in [-0.05, 0) is 6.07 Å². The Bertz CT molecular complexity index is 707. The molecule has 0 saturated carbocycles. The quantitative estimate of drug-likeness (QED) is 0.484. The molecule has 1 aliphatic heterocycles. The van der Waals surface area contributed by atoms with Gasteiger partial charge in [-0.25, -0.2) is 22.6 Å². The number of halogens is 7. The Hall–Kier alpha value is -1.98. The zero-order valence-electron chi connectivity index (χ0n) is 11.4. The molecule has 1 heterocycles. The Morgan fingerprint density at radius 3 is 2.42 bits per heavy atom. The number of nitrogens with two attached hydrogens (primary N) is 1. The topological polar surface area (TPSA) is 67.5 Å². The molecular weight excluding hydrogens is 367 g/mol. The van der Waals surface area contributed by atoms with Gasteiger partial charge in [-0.1, -0.05) is 11.8 Å². The third-order valence-corrected chi connectivity index (χ3v) is 4.10. The summed E-state index contributed by atoms with van der Waals surface area (Å²) >= 11 is 0.351. The van der Waals surface area contributed by atoms with Crippen molar-refractivity contribution in [1.29, 1.82) is 0 Å². The molecule has 2 rings (SSSR count).